The van der Waals surface area contributed by atoms with Crippen LogP contribution in [0.25, 0.3) is 10.8 Å². The predicted molar refractivity (Wildman–Crippen MR) is 94.2 cm³/mol. The number of aliphatic hydroxyl groups excluding tert-OH is 1. The van der Waals surface area contributed by atoms with Crippen LogP contribution in [0, 0.1) is 0 Å². The maximum absolute atomic E-state index is 13.1. The highest BCUT2D eigenvalue weighted by molar-refractivity contribution is 7.89. The highest BCUT2D eigenvalue weighted by Crippen LogP contribution is 2.34. The maximum Gasteiger partial charge on any atom is 0.322 e. The first kappa shape index (κ1) is 17.7. The first-order valence-electron chi connectivity index (χ1n) is 7.85. The molecule has 0 unspecified atom stereocenters. The van der Waals surface area contributed by atoms with Gasteiger partial charge in [0.1, 0.15) is 6.04 Å². The number of aliphatic carboxylic acids is 1. The molecule has 1 fully saturated rings. The second-order valence-corrected chi connectivity index (χ2v) is 8.20. The molecule has 2 aromatic rings. The van der Waals surface area contributed by atoms with Gasteiger partial charge in [-0.05, 0) is 12.1 Å². The molecule has 8 heteroatoms. The molecule has 134 valence electrons. The lowest BCUT2D eigenvalue weighted by Gasteiger charge is -2.22. The molecule has 25 heavy (non-hydrogen) atoms. The van der Waals surface area contributed by atoms with E-state index in [1.807, 2.05) is 31.1 Å². The fraction of sp³-hybridized carbons (Fsp3) is 0.353. The Morgan fingerprint density at radius 3 is 2.44 bits per heavy atom. The molecule has 1 aliphatic rings. The van der Waals surface area contributed by atoms with Crippen molar-refractivity contribution in [2.45, 2.75) is 23.5 Å². The van der Waals surface area contributed by atoms with Gasteiger partial charge in [0.05, 0.1) is 11.0 Å². The van der Waals surface area contributed by atoms with Gasteiger partial charge in [0.15, 0.2) is 0 Å². The number of fused-ring (bicyclic) bond motifs is 1. The number of carboxylic acids is 1. The number of carboxylic acid groups (broad SMARTS) is 1. The molecule has 1 aliphatic heterocycles. The van der Waals surface area contributed by atoms with Crippen molar-refractivity contribution in [1.29, 1.82) is 0 Å². The molecule has 3 rings (SSSR count). The van der Waals surface area contributed by atoms with Crippen LogP contribution in [0.3, 0.4) is 0 Å². The fourth-order valence-corrected chi connectivity index (χ4v) is 5.12. The Bertz CT molecular complexity index is 926. The molecule has 2 aromatic carbocycles. The van der Waals surface area contributed by atoms with Crippen molar-refractivity contribution >= 4 is 32.5 Å². The molecule has 0 bridgehead atoms. The van der Waals surface area contributed by atoms with E-state index in [4.69, 9.17) is 0 Å². The summed E-state index contributed by atoms with van der Waals surface area (Å²) < 4.78 is 27.1. The van der Waals surface area contributed by atoms with Crippen LogP contribution >= 0.6 is 0 Å². The Balaban J connectivity index is 2.18. The molecule has 0 spiro atoms. The lowest BCUT2D eigenvalue weighted by atomic mass is 10.1. The first-order valence-corrected chi connectivity index (χ1v) is 9.29. The lowest BCUT2D eigenvalue weighted by Crippen LogP contribution is -2.40. The summed E-state index contributed by atoms with van der Waals surface area (Å²) in [6.07, 6.45) is -1.09. The van der Waals surface area contributed by atoms with E-state index >= 15 is 0 Å². The van der Waals surface area contributed by atoms with Crippen LogP contribution in [-0.4, -0.2) is 61.7 Å². The summed E-state index contributed by atoms with van der Waals surface area (Å²) in [6.45, 7) is -0.219. The van der Waals surface area contributed by atoms with Crippen molar-refractivity contribution in [2.75, 3.05) is 25.5 Å². The van der Waals surface area contributed by atoms with Crippen LogP contribution in [0.1, 0.15) is 6.42 Å². The quantitative estimate of drug-likeness (QED) is 0.843. The summed E-state index contributed by atoms with van der Waals surface area (Å²) in [7, 11) is -0.324. The van der Waals surface area contributed by atoms with Gasteiger partial charge in [-0.3, -0.25) is 4.79 Å². The topological polar surface area (TPSA) is 98.2 Å². The smallest absolute Gasteiger partial charge is 0.322 e. The molecular formula is C17H20N2O5S. The molecule has 0 radical (unpaired) electrons. The summed E-state index contributed by atoms with van der Waals surface area (Å²) >= 11 is 0. The van der Waals surface area contributed by atoms with Crippen molar-refractivity contribution in [3.05, 3.63) is 36.4 Å². The van der Waals surface area contributed by atoms with E-state index < -0.39 is 28.1 Å². The Morgan fingerprint density at radius 1 is 1.16 bits per heavy atom. The van der Waals surface area contributed by atoms with E-state index in [1.165, 1.54) is 6.07 Å². The highest BCUT2D eigenvalue weighted by atomic mass is 32.2. The number of nitrogens with zero attached hydrogens (tertiary/aromatic N) is 2. The summed E-state index contributed by atoms with van der Waals surface area (Å²) in [4.78, 5) is 13.4. The molecule has 7 nitrogen and oxygen atoms in total. The monoisotopic (exact) mass is 364 g/mol. The van der Waals surface area contributed by atoms with Crippen LogP contribution in [0.5, 0.6) is 0 Å². The van der Waals surface area contributed by atoms with Crippen molar-refractivity contribution in [2.24, 2.45) is 0 Å². The van der Waals surface area contributed by atoms with E-state index in [9.17, 15) is 23.4 Å². The number of β-amino-alcohol motifs (C(OH)–C–C–N with tert-alkyl or cyclic N) is 1. The highest BCUT2D eigenvalue weighted by Gasteiger charge is 2.44. The van der Waals surface area contributed by atoms with E-state index in [-0.39, 0.29) is 17.9 Å². The van der Waals surface area contributed by atoms with Gasteiger partial charge in [-0.2, -0.15) is 4.31 Å². The minimum Gasteiger partial charge on any atom is -0.480 e. The third-order valence-electron chi connectivity index (χ3n) is 4.45. The van der Waals surface area contributed by atoms with Gasteiger partial charge in [-0.15, -0.1) is 0 Å². The largest absolute Gasteiger partial charge is 0.480 e. The van der Waals surface area contributed by atoms with Crippen molar-refractivity contribution in [1.82, 2.24) is 4.31 Å². The zero-order chi connectivity index (χ0) is 18.4. The zero-order valence-electron chi connectivity index (χ0n) is 14.0. The van der Waals surface area contributed by atoms with Crippen LogP contribution < -0.4 is 4.90 Å². The van der Waals surface area contributed by atoms with Gasteiger partial charge < -0.3 is 15.1 Å². The minimum atomic E-state index is -4.06. The molecule has 0 aliphatic carbocycles. The van der Waals surface area contributed by atoms with E-state index in [0.29, 0.717) is 5.39 Å². The Labute approximate surface area is 146 Å². The number of rotatable bonds is 4. The number of sulfonamides is 1. The van der Waals surface area contributed by atoms with Gasteiger partial charge in [-0.25, -0.2) is 8.42 Å². The summed E-state index contributed by atoms with van der Waals surface area (Å²) in [5, 5.41) is 20.4. The number of hydrogen-bond acceptors (Lipinski definition) is 5. The minimum absolute atomic E-state index is 0.0500. The van der Waals surface area contributed by atoms with E-state index in [1.54, 1.807) is 18.2 Å². The molecule has 2 N–H and O–H groups in total. The molecule has 0 saturated carbocycles. The molecular weight excluding hydrogens is 344 g/mol. The van der Waals surface area contributed by atoms with Crippen molar-refractivity contribution in [3.8, 4) is 0 Å². The summed E-state index contributed by atoms with van der Waals surface area (Å²) in [6, 6.07) is 9.05. The summed E-state index contributed by atoms with van der Waals surface area (Å²) in [5.41, 5.74) is 0.866. The Kier molecular flexibility index (Phi) is 4.44. The number of benzene rings is 2. The average molecular weight is 364 g/mol. The maximum atomic E-state index is 13.1. The average Bonchev–Trinajstić information content (AvgIpc) is 2.96. The molecule has 0 amide bonds. The van der Waals surface area contributed by atoms with Gasteiger partial charge >= 0.3 is 5.97 Å². The standard InChI is InChI=1S/C17H20N2O5S/c1-18(2)14-7-3-6-13-12(14)5-4-8-16(13)25(23,24)19-10-11(20)9-15(19)17(21)22/h3-8,11,15,20H,9-10H2,1-2H3,(H,21,22)/t11-,15-/m1/s1. The van der Waals surface area contributed by atoms with Crippen LogP contribution in [0.4, 0.5) is 5.69 Å². The van der Waals surface area contributed by atoms with Crippen molar-refractivity contribution < 1.29 is 23.4 Å². The van der Waals surface area contributed by atoms with Crippen molar-refractivity contribution in [3.63, 3.8) is 0 Å². The van der Waals surface area contributed by atoms with E-state index in [0.717, 1.165) is 15.4 Å². The predicted octanol–water partition coefficient (Wildman–Crippen LogP) is 1.11. The number of carbonyl (C=O) groups is 1. The second kappa shape index (κ2) is 6.29. The normalized spacial score (nSPS) is 21.6. The zero-order valence-corrected chi connectivity index (χ0v) is 14.8. The molecule has 1 saturated heterocycles. The molecule has 2 atom stereocenters. The third kappa shape index (κ3) is 2.97. The second-order valence-electron chi connectivity index (χ2n) is 6.34. The third-order valence-corrected chi connectivity index (χ3v) is 6.38. The number of aliphatic hydroxyl groups is 1. The summed E-state index contributed by atoms with van der Waals surface area (Å²) in [5.74, 6) is -1.26. The molecule has 1 heterocycles. The number of anilines is 1. The van der Waals surface area contributed by atoms with Gasteiger partial charge in [0.25, 0.3) is 0 Å². The number of hydrogen-bond donors (Lipinski definition) is 2. The van der Waals surface area contributed by atoms with Gasteiger partial charge in [-0.1, -0.05) is 24.3 Å². The SMILES string of the molecule is CN(C)c1cccc2c(S(=O)(=O)N3C[C@H](O)C[C@@H]3C(=O)O)cccc12. The van der Waals surface area contributed by atoms with Gasteiger partial charge in [0.2, 0.25) is 10.0 Å². The fourth-order valence-electron chi connectivity index (χ4n) is 3.28. The Morgan fingerprint density at radius 2 is 1.80 bits per heavy atom. The first-order chi connectivity index (χ1) is 11.7. The lowest BCUT2D eigenvalue weighted by molar-refractivity contribution is -0.140. The van der Waals surface area contributed by atoms with Gasteiger partial charge in [0, 0.05) is 43.5 Å². The van der Waals surface area contributed by atoms with E-state index in [2.05, 4.69) is 0 Å². The Hall–Kier alpha value is -2.16. The van der Waals surface area contributed by atoms with Crippen LogP contribution in [0.15, 0.2) is 41.3 Å². The van der Waals surface area contributed by atoms with Crippen LogP contribution in [0.2, 0.25) is 0 Å². The van der Waals surface area contributed by atoms with Crippen LogP contribution in [-0.2, 0) is 14.8 Å². The molecule has 0 aromatic heterocycles.